The molecule has 29 heavy (non-hydrogen) atoms. The number of hydrogen-bond donors (Lipinski definition) is 3. The molecule has 0 spiro atoms. The van der Waals surface area contributed by atoms with Gasteiger partial charge in [-0.05, 0) is 49.9 Å². The van der Waals surface area contributed by atoms with Crippen LogP contribution in [0.2, 0.25) is 0 Å². The molecule has 4 rings (SSSR count). The van der Waals surface area contributed by atoms with Gasteiger partial charge in [0, 0.05) is 36.1 Å². The van der Waals surface area contributed by atoms with Crippen LogP contribution in [0.3, 0.4) is 0 Å². The van der Waals surface area contributed by atoms with Gasteiger partial charge in [0.2, 0.25) is 0 Å². The quantitative estimate of drug-likeness (QED) is 0.589. The number of aliphatic hydroxyl groups is 1. The SMILES string of the molecule is Cc1cc(-c2[nH]c3cc(C(O)N4CC[C@@H](F)[C@@H](N)C4)sc3c2C(C)C)cc(C)n1. The second kappa shape index (κ2) is 7.80. The highest BCUT2D eigenvalue weighted by Crippen LogP contribution is 2.42. The summed E-state index contributed by atoms with van der Waals surface area (Å²) in [5.41, 5.74) is 12.4. The second-order valence-electron chi connectivity index (χ2n) is 8.44. The molecule has 1 aliphatic heterocycles. The molecule has 0 saturated carbocycles. The minimum Gasteiger partial charge on any atom is -0.373 e. The van der Waals surface area contributed by atoms with Gasteiger partial charge in [-0.25, -0.2) is 4.39 Å². The first kappa shape index (κ1) is 20.5. The van der Waals surface area contributed by atoms with Gasteiger partial charge in [-0.3, -0.25) is 9.88 Å². The second-order valence-corrected chi connectivity index (χ2v) is 9.52. The van der Waals surface area contributed by atoms with E-state index in [2.05, 4.69) is 35.9 Å². The summed E-state index contributed by atoms with van der Waals surface area (Å²) in [5.74, 6) is 0.326. The number of alkyl halides is 1. The van der Waals surface area contributed by atoms with E-state index in [1.807, 2.05) is 24.8 Å². The molecular formula is C22H29FN4OS. The Morgan fingerprint density at radius 3 is 2.59 bits per heavy atom. The Kier molecular flexibility index (Phi) is 5.50. The van der Waals surface area contributed by atoms with Crippen LogP contribution in [-0.4, -0.2) is 45.3 Å². The number of thiophene rings is 1. The number of piperidine rings is 1. The van der Waals surface area contributed by atoms with Crippen molar-refractivity contribution in [2.75, 3.05) is 13.1 Å². The molecule has 0 bridgehead atoms. The Bertz CT molecular complexity index is 1010. The van der Waals surface area contributed by atoms with Crippen molar-refractivity contribution in [3.05, 3.63) is 40.0 Å². The summed E-state index contributed by atoms with van der Waals surface area (Å²) in [7, 11) is 0. The number of H-pyrrole nitrogens is 1. The molecule has 3 atom stereocenters. The van der Waals surface area contributed by atoms with Gasteiger partial charge in [0.05, 0.1) is 20.8 Å². The maximum absolute atomic E-state index is 13.7. The summed E-state index contributed by atoms with van der Waals surface area (Å²) in [6, 6.07) is 5.69. The molecule has 0 radical (unpaired) electrons. The Hall–Kier alpha value is -1.80. The number of aryl methyl sites for hydroxylation is 2. The fourth-order valence-electron chi connectivity index (χ4n) is 4.28. The van der Waals surface area contributed by atoms with Crippen molar-refractivity contribution < 1.29 is 9.50 Å². The van der Waals surface area contributed by atoms with Crippen LogP contribution < -0.4 is 5.73 Å². The van der Waals surface area contributed by atoms with Crippen molar-refractivity contribution in [2.24, 2.45) is 5.73 Å². The van der Waals surface area contributed by atoms with E-state index in [0.717, 1.165) is 33.0 Å². The third kappa shape index (κ3) is 3.84. The number of rotatable bonds is 4. The number of nitrogens with two attached hydrogens (primary N) is 1. The van der Waals surface area contributed by atoms with Crippen LogP contribution in [0.4, 0.5) is 4.39 Å². The molecule has 1 saturated heterocycles. The van der Waals surface area contributed by atoms with Crippen LogP contribution in [0, 0.1) is 13.8 Å². The van der Waals surface area contributed by atoms with Gasteiger partial charge in [-0.15, -0.1) is 11.3 Å². The summed E-state index contributed by atoms with van der Waals surface area (Å²) < 4.78 is 14.9. The molecular weight excluding hydrogens is 387 g/mol. The largest absolute Gasteiger partial charge is 0.373 e. The fourth-order valence-corrected chi connectivity index (χ4v) is 5.62. The fraction of sp³-hybridized carbons (Fsp3) is 0.500. The highest BCUT2D eigenvalue weighted by molar-refractivity contribution is 7.19. The van der Waals surface area contributed by atoms with E-state index in [9.17, 15) is 9.50 Å². The molecule has 156 valence electrons. The molecule has 5 nitrogen and oxygen atoms in total. The summed E-state index contributed by atoms with van der Waals surface area (Å²) in [4.78, 5) is 10.8. The number of halogens is 1. The molecule has 7 heteroatoms. The summed E-state index contributed by atoms with van der Waals surface area (Å²) in [6.07, 6.45) is -1.38. The maximum Gasteiger partial charge on any atom is 0.142 e. The normalized spacial score (nSPS) is 21.9. The van der Waals surface area contributed by atoms with Crippen LogP contribution in [-0.2, 0) is 0 Å². The first-order valence-corrected chi connectivity index (χ1v) is 11.0. The lowest BCUT2D eigenvalue weighted by Crippen LogP contribution is -2.50. The van der Waals surface area contributed by atoms with Crippen LogP contribution in [0.1, 0.15) is 54.2 Å². The smallest absolute Gasteiger partial charge is 0.142 e. The predicted octanol–water partition coefficient (Wildman–Crippen LogP) is 4.39. The Balaban J connectivity index is 1.72. The molecule has 4 N–H and O–H groups in total. The van der Waals surface area contributed by atoms with Crippen LogP contribution in [0.25, 0.3) is 21.5 Å². The van der Waals surface area contributed by atoms with Crippen molar-refractivity contribution in [2.45, 2.75) is 58.5 Å². The first-order valence-electron chi connectivity index (χ1n) is 10.2. The summed E-state index contributed by atoms with van der Waals surface area (Å²) in [5, 5.41) is 10.9. The van der Waals surface area contributed by atoms with Gasteiger partial charge in [0.25, 0.3) is 0 Å². The van der Waals surface area contributed by atoms with Crippen LogP contribution >= 0.6 is 11.3 Å². The topological polar surface area (TPSA) is 78.2 Å². The van der Waals surface area contributed by atoms with Crippen molar-refractivity contribution in [1.82, 2.24) is 14.9 Å². The van der Waals surface area contributed by atoms with E-state index >= 15 is 0 Å². The lowest BCUT2D eigenvalue weighted by molar-refractivity contribution is -0.0267. The van der Waals surface area contributed by atoms with Crippen molar-refractivity contribution in [3.8, 4) is 11.3 Å². The average Bonchev–Trinajstić information content (AvgIpc) is 3.20. The van der Waals surface area contributed by atoms with E-state index in [0.29, 0.717) is 25.4 Å². The third-order valence-corrected chi connectivity index (χ3v) is 6.88. The molecule has 1 unspecified atom stereocenters. The van der Waals surface area contributed by atoms with Crippen molar-refractivity contribution in [3.63, 3.8) is 0 Å². The van der Waals surface area contributed by atoms with E-state index in [1.165, 1.54) is 10.3 Å². The van der Waals surface area contributed by atoms with Gasteiger partial charge in [-0.2, -0.15) is 0 Å². The van der Waals surface area contributed by atoms with Crippen LogP contribution in [0.5, 0.6) is 0 Å². The number of aliphatic hydroxyl groups excluding tert-OH is 1. The Labute approximate surface area is 174 Å². The Morgan fingerprint density at radius 1 is 1.28 bits per heavy atom. The van der Waals surface area contributed by atoms with Gasteiger partial charge < -0.3 is 15.8 Å². The maximum atomic E-state index is 13.7. The van der Waals surface area contributed by atoms with Gasteiger partial charge in [0.15, 0.2) is 0 Å². The zero-order chi connectivity index (χ0) is 20.9. The number of nitrogens with zero attached hydrogens (tertiary/aromatic N) is 2. The molecule has 1 aliphatic rings. The van der Waals surface area contributed by atoms with Crippen molar-refractivity contribution in [1.29, 1.82) is 0 Å². The molecule has 4 heterocycles. The lowest BCUT2D eigenvalue weighted by Gasteiger charge is -2.35. The minimum absolute atomic E-state index is 0.326. The average molecular weight is 417 g/mol. The predicted molar refractivity (Wildman–Crippen MR) is 117 cm³/mol. The zero-order valence-electron chi connectivity index (χ0n) is 17.4. The lowest BCUT2D eigenvalue weighted by atomic mass is 9.99. The number of likely N-dealkylation sites (tertiary alicyclic amines) is 1. The number of fused-ring (bicyclic) bond motifs is 1. The van der Waals surface area contributed by atoms with Crippen molar-refractivity contribution >= 4 is 21.6 Å². The van der Waals surface area contributed by atoms with Crippen LogP contribution in [0.15, 0.2) is 18.2 Å². The van der Waals surface area contributed by atoms with E-state index in [-0.39, 0.29) is 0 Å². The van der Waals surface area contributed by atoms with E-state index in [4.69, 9.17) is 5.73 Å². The van der Waals surface area contributed by atoms with E-state index in [1.54, 1.807) is 11.3 Å². The highest BCUT2D eigenvalue weighted by atomic mass is 32.1. The molecule has 1 fully saturated rings. The number of aromatic nitrogens is 2. The monoisotopic (exact) mass is 416 g/mol. The standard InChI is InChI=1S/C22H29FN4OS/c1-11(2)19-20(14-7-12(3)25-13(4)8-14)26-17-9-18(29-21(17)19)22(28)27-6-5-15(23)16(24)10-27/h7-9,11,15-16,22,26,28H,5-6,10,24H2,1-4H3/t15-,16+,22?/m1/s1. The molecule has 0 aromatic carbocycles. The molecule has 3 aromatic heterocycles. The highest BCUT2D eigenvalue weighted by Gasteiger charge is 2.31. The zero-order valence-corrected chi connectivity index (χ0v) is 18.2. The molecule has 3 aromatic rings. The van der Waals surface area contributed by atoms with Gasteiger partial charge in [-0.1, -0.05) is 13.8 Å². The molecule has 0 amide bonds. The van der Waals surface area contributed by atoms with Gasteiger partial charge in [0.1, 0.15) is 12.4 Å². The summed E-state index contributed by atoms with van der Waals surface area (Å²) in [6.45, 7) is 9.28. The number of aromatic amines is 1. The Morgan fingerprint density at radius 2 is 1.97 bits per heavy atom. The summed E-state index contributed by atoms with van der Waals surface area (Å²) >= 11 is 1.61. The third-order valence-electron chi connectivity index (χ3n) is 5.67. The molecule has 0 aliphatic carbocycles. The van der Waals surface area contributed by atoms with Gasteiger partial charge >= 0.3 is 0 Å². The number of hydrogen-bond acceptors (Lipinski definition) is 5. The first-order chi connectivity index (χ1) is 13.7. The van der Waals surface area contributed by atoms with E-state index < -0.39 is 18.4 Å². The number of pyridine rings is 1. The number of nitrogens with one attached hydrogen (secondary N) is 1. The minimum atomic E-state index is -0.987.